The number of hydrogen-bond acceptors (Lipinski definition) is 4. The van der Waals surface area contributed by atoms with E-state index in [1.165, 1.54) is 0 Å². The van der Waals surface area contributed by atoms with Crippen molar-refractivity contribution in [2.24, 2.45) is 0 Å². The van der Waals surface area contributed by atoms with Gasteiger partial charge in [-0.05, 0) is 27.7 Å². The van der Waals surface area contributed by atoms with Crippen molar-refractivity contribution in [2.45, 2.75) is 39.8 Å². The molecule has 90 valence electrons. The maximum Gasteiger partial charge on any atom is 0.359 e. The minimum Gasteiger partial charge on any atom is -0.461 e. The zero-order valence-corrected chi connectivity index (χ0v) is 10.1. The van der Waals surface area contributed by atoms with E-state index in [1.54, 1.807) is 17.8 Å². The molecular weight excluding hydrogens is 208 g/mol. The number of aliphatic hydroxyl groups excluding tert-OH is 1. The van der Waals surface area contributed by atoms with Gasteiger partial charge in [0.2, 0.25) is 0 Å². The van der Waals surface area contributed by atoms with Crippen molar-refractivity contribution in [3.63, 3.8) is 0 Å². The van der Waals surface area contributed by atoms with Gasteiger partial charge in [-0.15, -0.1) is 0 Å². The summed E-state index contributed by atoms with van der Waals surface area (Å²) in [5.74, 6) is -0.491. The normalized spacial score (nSPS) is 11.6. The van der Waals surface area contributed by atoms with E-state index < -0.39 is 5.97 Å². The molecule has 0 saturated heterocycles. The lowest BCUT2D eigenvalue weighted by Crippen LogP contribution is -2.22. The maximum absolute atomic E-state index is 11.6. The maximum atomic E-state index is 11.6. The Labute approximate surface area is 95.0 Å². The minimum absolute atomic E-state index is 0.194. The molecule has 0 fully saturated rings. The Morgan fingerprint density at radius 3 is 2.62 bits per heavy atom. The molecule has 0 aliphatic heterocycles. The summed E-state index contributed by atoms with van der Waals surface area (Å²) in [6, 6.07) is 0. The number of nitrogens with zero attached hydrogens (tertiary/aromatic N) is 2. The molecule has 1 rings (SSSR count). The first kappa shape index (κ1) is 12.7. The molecule has 0 atom stereocenters. The van der Waals surface area contributed by atoms with Crippen LogP contribution in [0.25, 0.3) is 0 Å². The van der Waals surface area contributed by atoms with Gasteiger partial charge in [-0.25, -0.2) is 4.79 Å². The van der Waals surface area contributed by atoms with E-state index >= 15 is 0 Å². The van der Waals surface area contributed by atoms with E-state index in [0.29, 0.717) is 12.2 Å². The van der Waals surface area contributed by atoms with Gasteiger partial charge in [0.05, 0.1) is 18.8 Å². The third-order valence-electron chi connectivity index (χ3n) is 2.12. The second-order valence-corrected chi connectivity index (χ2v) is 4.50. The first-order chi connectivity index (χ1) is 7.40. The molecule has 0 radical (unpaired) electrons. The summed E-state index contributed by atoms with van der Waals surface area (Å²) < 4.78 is 6.53. The van der Waals surface area contributed by atoms with Crippen LogP contribution in [0.15, 0.2) is 6.20 Å². The summed E-state index contributed by atoms with van der Waals surface area (Å²) >= 11 is 0. The quantitative estimate of drug-likeness (QED) is 0.789. The van der Waals surface area contributed by atoms with Crippen LogP contribution < -0.4 is 0 Å². The van der Waals surface area contributed by atoms with Gasteiger partial charge in [-0.1, -0.05) is 0 Å². The fourth-order valence-corrected chi connectivity index (χ4v) is 1.24. The fourth-order valence-electron chi connectivity index (χ4n) is 1.24. The molecule has 16 heavy (non-hydrogen) atoms. The molecule has 0 aromatic carbocycles. The molecular formula is C11H18N2O3. The van der Waals surface area contributed by atoms with Crippen molar-refractivity contribution in [3.8, 4) is 0 Å². The molecule has 0 spiro atoms. The molecule has 0 aliphatic rings. The zero-order valence-electron chi connectivity index (χ0n) is 10.1. The molecule has 1 aromatic rings. The van der Waals surface area contributed by atoms with Crippen LogP contribution in [0.5, 0.6) is 0 Å². The summed E-state index contributed by atoms with van der Waals surface area (Å²) in [5, 5.41) is 13.3. The number of carbonyl (C=O) groups excluding carboxylic acids is 1. The number of hydrogen-bond donors (Lipinski definition) is 1. The Morgan fingerprint density at radius 1 is 1.56 bits per heavy atom. The second kappa shape index (κ2) is 4.65. The number of aromatic nitrogens is 2. The van der Waals surface area contributed by atoms with Crippen LogP contribution in [0.3, 0.4) is 0 Å². The van der Waals surface area contributed by atoms with Gasteiger partial charge in [-0.3, -0.25) is 4.68 Å². The van der Waals surface area contributed by atoms with E-state index in [2.05, 4.69) is 5.10 Å². The summed E-state index contributed by atoms with van der Waals surface area (Å²) in [5.41, 5.74) is 0.460. The number of rotatable bonds is 3. The Bertz CT molecular complexity index is 377. The number of carbonyl (C=O) groups is 1. The van der Waals surface area contributed by atoms with Gasteiger partial charge in [0.15, 0.2) is 5.69 Å². The van der Waals surface area contributed by atoms with Crippen LogP contribution in [0.1, 0.15) is 43.7 Å². The molecule has 0 saturated carbocycles. The molecule has 1 N–H and O–H groups in total. The van der Waals surface area contributed by atoms with E-state index in [9.17, 15) is 4.79 Å². The third-order valence-corrected chi connectivity index (χ3v) is 2.12. The van der Waals surface area contributed by atoms with Gasteiger partial charge in [0, 0.05) is 11.8 Å². The summed E-state index contributed by atoms with van der Waals surface area (Å²) in [6.07, 6.45) is 1.67. The second-order valence-electron chi connectivity index (χ2n) is 4.50. The van der Waals surface area contributed by atoms with Crippen molar-refractivity contribution in [1.82, 2.24) is 9.78 Å². The summed E-state index contributed by atoms with van der Waals surface area (Å²) in [6.45, 7) is 7.72. The van der Waals surface area contributed by atoms with Gasteiger partial charge >= 0.3 is 5.97 Å². The van der Waals surface area contributed by atoms with Crippen LogP contribution in [0.2, 0.25) is 0 Å². The van der Waals surface area contributed by atoms with E-state index in [1.807, 2.05) is 20.8 Å². The Kier molecular flexibility index (Phi) is 3.70. The van der Waals surface area contributed by atoms with Crippen molar-refractivity contribution < 1.29 is 14.6 Å². The molecule has 0 unspecified atom stereocenters. The van der Waals surface area contributed by atoms with Crippen molar-refractivity contribution in [3.05, 3.63) is 17.5 Å². The van der Waals surface area contributed by atoms with Crippen LogP contribution in [0, 0.1) is 0 Å². The number of aliphatic hydroxyl groups is 1. The van der Waals surface area contributed by atoms with E-state index in [4.69, 9.17) is 9.84 Å². The number of ether oxygens (including phenoxy) is 1. The molecule has 0 aliphatic carbocycles. The highest BCUT2D eigenvalue weighted by Gasteiger charge is 2.22. The predicted molar refractivity (Wildman–Crippen MR) is 59.1 cm³/mol. The molecule has 0 bridgehead atoms. The van der Waals surface area contributed by atoms with Gasteiger partial charge < -0.3 is 9.84 Å². The Balaban J connectivity index is 3.09. The van der Waals surface area contributed by atoms with Crippen molar-refractivity contribution in [2.75, 3.05) is 6.61 Å². The van der Waals surface area contributed by atoms with Crippen LogP contribution >= 0.6 is 0 Å². The predicted octanol–water partition coefficient (Wildman–Crippen LogP) is 1.31. The zero-order chi connectivity index (χ0) is 12.3. The standard InChI is InChI=1S/C11H18N2O3/c1-5-16-10(15)9-8(7-14)6-13(12-9)11(2,3)4/h6,14H,5,7H2,1-4H3. The van der Waals surface area contributed by atoms with Crippen LogP contribution in [0.4, 0.5) is 0 Å². The van der Waals surface area contributed by atoms with Gasteiger partial charge in [-0.2, -0.15) is 5.10 Å². The smallest absolute Gasteiger partial charge is 0.359 e. The van der Waals surface area contributed by atoms with Gasteiger partial charge in [0.1, 0.15) is 0 Å². The van der Waals surface area contributed by atoms with Crippen LogP contribution in [-0.4, -0.2) is 27.5 Å². The average Bonchev–Trinajstić information content (AvgIpc) is 2.61. The van der Waals surface area contributed by atoms with Crippen molar-refractivity contribution >= 4 is 5.97 Å². The molecule has 1 aromatic heterocycles. The first-order valence-electron chi connectivity index (χ1n) is 5.27. The number of esters is 1. The summed E-state index contributed by atoms with van der Waals surface area (Å²) in [4.78, 5) is 11.6. The Morgan fingerprint density at radius 2 is 2.19 bits per heavy atom. The highest BCUT2D eigenvalue weighted by atomic mass is 16.5. The monoisotopic (exact) mass is 226 g/mol. The van der Waals surface area contributed by atoms with E-state index in [0.717, 1.165) is 0 Å². The average molecular weight is 226 g/mol. The highest BCUT2D eigenvalue weighted by molar-refractivity contribution is 5.88. The first-order valence-corrected chi connectivity index (χ1v) is 5.27. The van der Waals surface area contributed by atoms with Crippen LogP contribution in [-0.2, 0) is 16.9 Å². The largest absolute Gasteiger partial charge is 0.461 e. The lowest BCUT2D eigenvalue weighted by molar-refractivity contribution is 0.0514. The van der Waals surface area contributed by atoms with Gasteiger partial charge in [0.25, 0.3) is 0 Å². The summed E-state index contributed by atoms with van der Waals surface area (Å²) in [7, 11) is 0. The molecule has 5 heteroatoms. The third kappa shape index (κ3) is 2.61. The molecule has 1 heterocycles. The molecule has 0 amide bonds. The Hall–Kier alpha value is -1.36. The molecule has 5 nitrogen and oxygen atoms in total. The SMILES string of the molecule is CCOC(=O)c1nn(C(C)(C)C)cc1CO. The topological polar surface area (TPSA) is 64.3 Å². The fraction of sp³-hybridized carbons (Fsp3) is 0.636. The lowest BCUT2D eigenvalue weighted by atomic mass is 10.1. The highest BCUT2D eigenvalue weighted by Crippen LogP contribution is 2.17. The minimum atomic E-state index is -0.491. The lowest BCUT2D eigenvalue weighted by Gasteiger charge is -2.18. The van der Waals surface area contributed by atoms with Crippen molar-refractivity contribution in [1.29, 1.82) is 0 Å². The van der Waals surface area contributed by atoms with E-state index in [-0.39, 0.29) is 17.8 Å².